The molecular weight excluding hydrogens is 427 g/mol. The molecule has 0 radical (unpaired) electrons. The van der Waals surface area contributed by atoms with E-state index in [2.05, 4.69) is 20.4 Å². The number of rotatable bonds is 7. The van der Waals surface area contributed by atoms with Gasteiger partial charge < -0.3 is 9.84 Å². The van der Waals surface area contributed by atoms with Crippen molar-refractivity contribution >= 4 is 34.0 Å². The lowest BCUT2D eigenvalue weighted by Crippen LogP contribution is -2.12. The fraction of sp³-hybridized carbons (Fsp3) is 0.143. The minimum atomic E-state index is -0.266. The Labute approximate surface area is 180 Å². The van der Waals surface area contributed by atoms with Gasteiger partial charge in [0.1, 0.15) is 5.82 Å². The minimum absolute atomic E-state index is 0.190. The molecule has 1 N–H and O–H groups in total. The van der Waals surface area contributed by atoms with Gasteiger partial charge in [0, 0.05) is 40.9 Å². The third-order valence-electron chi connectivity index (χ3n) is 4.23. The van der Waals surface area contributed by atoms with Crippen molar-refractivity contribution in [3.63, 3.8) is 0 Å². The first-order valence-electron chi connectivity index (χ1n) is 9.13. The number of benzene rings is 2. The quantitative estimate of drug-likeness (QED) is 0.428. The molecule has 0 spiro atoms. The van der Waals surface area contributed by atoms with Crippen molar-refractivity contribution in [2.75, 3.05) is 5.32 Å². The Morgan fingerprint density at radius 2 is 1.90 bits per heavy atom. The predicted molar refractivity (Wildman–Crippen MR) is 113 cm³/mol. The van der Waals surface area contributed by atoms with Crippen molar-refractivity contribution in [1.29, 1.82) is 0 Å². The van der Waals surface area contributed by atoms with E-state index in [0.29, 0.717) is 34.7 Å². The molecule has 2 heterocycles. The summed E-state index contributed by atoms with van der Waals surface area (Å²) in [6.07, 6.45) is 2.85. The van der Waals surface area contributed by atoms with Gasteiger partial charge in [0.25, 0.3) is 0 Å². The normalized spacial score (nSPS) is 10.9. The summed E-state index contributed by atoms with van der Waals surface area (Å²) >= 11 is 7.26. The van der Waals surface area contributed by atoms with Crippen LogP contribution in [0.5, 0.6) is 0 Å². The average molecular weight is 443 g/mol. The van der Waals surface area contributed by atoms with Gasteiger partial charge >= 0.3 is 0 Å². The third-order valence-corrected chi connectivity index (χ3v) is 5.39. The number of carbonyl (C=O) groups is 1. The first kappa shape index (κ1) is 20.2. The van der Waals surface area contributed by atoms with Gasteiger partial charge in [-0.25, -0.2) is 9.37 Å². The molecule has 0 unspecified atom stereocenters. The van der Waals surface area contributed by atoms with Crippen LogP contribution in [0.2, 0.25) is 5.02 Å². The van der Waals surface area contributed by atoms with E-state index in [1.807, 2.05) is 0 Å². The van der Waals surface area contributed by atoms with E-state index < -0.39 is 0 Å². The standard InChI is InChI=1S/C21H16ClFN4O2S/c22-15-5-3-14(4-6-15)20-26-19(29-27-20)10-9-18(28)25-21-24-12-17(30-21)11-13-1-7-16(23)8-2-13/h1-8,12H,9-11H2,(H,24,25,28). The maximum Gasteiger partial charge on any atom is 0.227 e. The Morgan fingerprint density at radius 1 is 1.13 bits per heavy atom. The van der Waals surface area contributed by atoms with Crippen molar-refractivity contribution in [2.24, 2.45) is 0 Å². The Kier molecular flexibility index (Phi) is 6.15. The highest BCUT2D eigenvalue weighted by molar-refractivity contribution is 7.15. The van der Waals surface area contributed by atoms with Crippen molar-refractivity contribution < 1.29 is 13.7 Å². The molecule has 2 aromatic carbocycles. The van der Waals surface area contributed by atoms with Crippen LogP contribution in [-0.4, -0.2) is 21.0 Å². The smallest absolute Gasteiger partial charge is 0.227 e. The summed E-state index contributed by atoms with van der Waals surface area (Å²) in [7, 11) is 0. The van der Waals surface area contributed by atoms with Crippen LogP contribution in [0.3, 0.4) is 0 Å². The molecule has 0 fully saturated rings. The number of hydrogen-bond acceptors (Lipinski definition) is 6. The number of halogens is 2. The Hall–Kier alpha value is -3.10. The topological polar surface area (TPSA) is 80.9 Å². The summed E-state index contributed by atoms with van der Waals surface area (Å²) in [5.41, 5.74) is 1.76. The third kappa shape index (κ3) is 5.28. The van der Waals surface area contributed by atoms with Crippen molar-refractivity contribution in [3.8, 4) is 11.4 Å². The van der Waals surface area contributed by atoms with Gasteiger partial charge in [-0.05, 0) is 42.0 Å². The Balaban J connectivity index is 1.28. The molecule has 4 aromatic rings. The maximum atomic E-state index is 13.0. The number of carbonyl (C=O) groups excluding carboxylic acids is 1. The molecule has 152 valence electrons. The van der Waals surface area contributed by atoms with Gasteiger partial charge in [-0.2, -0.15) is 4.98 Å². The second-order valence-electron chi connectivity index (χ2n) is 6.50. The van der Waals surface area contributed by atoms with Gasteiger partial charge in [0.05, 0.1) is 0 Å². The van der Waals surface area contributed by atoms with E-state index in [1.54, 1.807) is 42.6 Å². The second kappa shape index (κ2) is 9.15. The van der Waals surface area contributed by atoms with Crippen LogP contribution >= 0.6 is 22.9 Å². The molecule has 0 atom stereocenters. The molecule has 0 saturated heterocycles. The molecule has 0 aliphatic heterocycles. The highest BCUT2D eigenvalue weighted by atomic mass is 35.5. The van der Waals surface area contributed by atoms with Crippen LogP contribution in [-0.2, 0) is 17.6 Å². The lowest BCUT2D eigenvalue weighted by Gasteiger charge is -1.99. The van der Waals surface area contributed by atoms with E-state index in [1.165, 1.54) is 23.5 Å². The summed E-state index contributed by atoms with van der Waals surface area (Å²) in [6.45, 7) is 0. The molecule has 1 amide bonds. The van der Waals surface area contributed by atoms with Crippen LogP contribution in [0.15, 0.2) is 59.3 Å². The zero-order valence-corrected chi connectivity index (χ0v) is 17.2. The fourth-order valence-electron chi connectivity index (χ4n) is 2.73. The van der Waals surface area contributed by atoms with E-state index in [9.17, 15) is 9.18 Å². The van der Waals surface area contributed by atoms with Gasteiger partial charge in [-0.3, -0.25) is 4.79 Å². The summed E-state index contributed by atoms with van der Waals surface area (Å²) in [5, 5.41) is 7.85. The molecule has 0 aliphatic carbocycles. The number of amides is 1. The first-order valence-corrected chi connectivity index (χ1v) is 10.3. The van der Waals surface area contributed by atoms with Crippen LogP contribution in [0.25, 0.3) is 11.4 Å². The Bertz CT molecular complexity index is 1140. The molecular formula is C21H16ClFN4O2S. The predicted octanol–water partition coefficient (Wildman–Crippen LogP) is 5.15. The summed E-state index contributed by atoms with van der Waals surface area (Å²) in [5.74, 6) is 0.375. The summed E-state index contributed by atoms with van der Waals surface area (Å²) in [6, 6.07) is 13.4. The lowest BCUT2D eigenvalue weighted by atomic mass is 10.1. The maximum absolute atomic E-state index is 13.0. The zero-order chi connectivity index (χ0) is 20.9. The minimum Gasteiger partial charge on any atom is -0.339 e. The number of aromatic nitrogens is 3. The molecule has 0 saturated carbocycles. The van der Waals surface area contributed by atoms with Crippen LogP contribution in [0.4, 0.5) is 9.52 Å². The van der Waals surface area contributed by atoms with Crippen molar-refractivity contribution in [1.82, 2.24) is 15.1 Å². The van der Waals surface area contributed by atoms with Crippen LogP contribution < -0.4 is 5.32 Å². The first-order chi connectivity index (χ1) is 14.5. The van der Waals surface area contributed by atoms with Gasteiger partial charge in [-0.15, -0.1) is 11.3 Å². The molecule has 30 heavy (non-hydrogen) atoms. The van der Waals surface area contributed by atoms with Gasteiger partial charge in [-0.1, -0.05) is 28.9 Å². The van der Waals surface area contributed by atoms with Crippen LogP contribution in [0, 0.1) is 5.82 Å². The highest BCUT2D eigenvalue weighted by Gasteiger charge is 2.12. The van der Waals surface area contributed by atoms with E-state index in [-0.39, 0.29) is 18.1 Å². The largest absolute Gasteiger partial charge is 0.339 e. The van der Waals surface area contributed by atoms with Gasteiger partial charge in [0.2, 0.25) is 17.6 Å². The second-order valence-corrected chi connectivity index (χ2v) is 8.05. The van der Waals surface area contributed by atoms with E-state index >= 15 is 0 Å². The Morgan fingerprint density at radius 3 is 2.67 bits per heavy atom. The molecule has 9 heteroatoms. The van der Waals surface area contributed by atoms with Crippen molar-refractivity contribution in [2.45, 2.75) is 19.3 Å². The number of nitrogens with zero attached hydrogens (tertiary/aromatic N) is 3. The highest BCUT2D eigenvalue weighted by Crippen LogP contribution is 2.22. The molecule has 0 bridgehead atoms. The molecule has 6 nitrogen and oxygen atoms in total. The van der Waals surface area contributed by atoms with Gasteiger partial charge in [0.15, 0.2) is 5.13 Å². The SMILES string of the molecule is O=C(CCc1nc(-c2ccc(Cl)cc2)no1)Nc1ncc(Cc2ccc(F)cc2)s1. The summed E-state index contributed by atoms with van der Waals surface area (Å²) in [4.78, 5) is 21.7. The number of aryl methyl sites for hydroxylation is 1. The van der Waals surface area contributed by atoms with E-state index in [4.69, 9.17) is 16.1 Å². The zero-order valence-electron chi connectivity index (χ0n) is 15.6. The average Bonchev–Trinajstić information content (AvgIpc) is 3.38. The molecule has 4 rings (SSSR count). The summed E-state index contributed by atoms with van der Waals surface area (Å²) < 4.78 is 18.2. The number of thiazole rings is 1. The molecule has 0 aliphatic rings. The fourth-order valence-corrected chi connectivity index (χ4v) is 3.71. The lowest BCUT2D eigenvalue weighted by molar-refractivity contribution is -0.116. The monoisotopic (exact) mass is 442 g/mol. The van der Waals surface area contributed by atoms with Crippen molar-refractivity contribution in [3.05, 3.63) is 81.9 Å². The number of hydrogen-bond donors (Lipinski definition) is 1. The van der Waals surface area contributed by atoms with Crippen LogP contribution in [0.1, 0.15) is 22.8 Å². The molecule has 2 aromatic heterocycles. The number of nitrogens with one attached hydrogen (secondary N) is 1. The number of anilines is 1. The van der Waals surface area contributed by atoms with E-state index in [0.717, 1.165) is 16.0 Å².